The molecule has 0 aliphatic carbocycles. The fraction of sp³-hybridized carbons (Fsp3) is 0.0769. The van der Waals surface area contributed by atoms with E-state index in [0.717, 1.165) is 11.1 Å². The lowest BCUT2D eigenvalue weighted by Crippen LogP contribution is -1.96. The van der Waals surface area contributed by atoms with Crippen molar-refractivity contribution in [3.8, 4) is 11.5 Å². The van der Waals surface area contributed by atoms with Crippen LogP contribution in [0, 0.1) is 5.21 Å². The molecular formula is C26H22N2O3. The molecule has 0 heterocycles. The van der Waals surface area contributed by atoms with E-state index < -0.39 is 0 Å². The third-order valence-corrected chi connectivity index (χ3v) is 4.56. The van der Waals surface area contributed by atoms with E-state index in [0.29, 0.717) is 40.9 Å². The van der Waals surface area contributed by atoms with Crippen molar-refractivity contribution in [2.45, 2.75) is 13.2 Å². The first-order valence-corrected chi connectivity index (χ1v) is 9.99. The van der Waals surface area contributed by atoms with Crippen LogP contribution in [0.2, 0.25) is 0 Å². The van der Waals surface area contributed by atoms with Crippen molar-refractivity contribution in [1.29, 1.82) is 0 Å². The molecule has 154 valence electrons. The fourth-order valence-corrected chi connectivity index (χ4v) is 2.97. The third kappa shape index (κ3) is 5.93. The minimum atomic E-state index is 0.390. The Morgan fingerprint density at radius 2 is 1.16 bits per heavy atom. The van der Waals surface area contributed by atoms with Crippen LogP contribution >= 0.6 is 0 Å². The zero-order chi connectivity index (χ0) is 21.3. The largest absolute Gasteiger partial charge is 0.594 e. The van der Waals surface area contributed by atoms with Gasteiger partial charge < -0.3 is 14.7 Å². The summed E-state index contributed by atoms with van der Waals surface area (Å²) in [4.78, 5) is 0.589. The van der Waals surface area contributed by atoms with Crippen LogP contribution in [-0.2, 0) is 13.2 Å². The van der Waals surface area contributed by atoms with Crippen LogP contribution in [0.15, 0.2) is 114 Å². The standard InChI is InChI=1S/C26H22N2O3/c29-28(24-14-8-16-26(18-24)31-20-22-11-5-2-6-12-22)27-23-13-7-15-25(17-23)30-19-21-9-3-1-4-10-21/h1-18H,19-20H2. The van der Waals surface area contributed by atoms with Gasteiger partial charge in [-0.2, -0.15) is 0 Å². The summed E-state index contributed by atoms with van der Waals surface area (Å²) in [5.41, 5.74) is 3.03. The number of rotatable bonds is 8. The highest BCUT2D eigenvalue weighted by molar-refractivity contribution is 5.43. The molecule has 0 unspecified atom stereocenters. The highest BCUT2D eigenvalue weighted by atomic mass is 16.5. The van der Waals surface area contributed by atoms with Gasteiger partial charge in [-0.25, -0.2) is 0 Å². The van der Waals surface area contributed by atoms with E-state index in [2.05, 4.69) is 5.11 Å². The zero-order valence-electron chi connectivity index (χ0n) is 16.9. The molecule has 4 rings (SSSR count). The van der Waals surface area contributed by atoms with Crippen LogP contribution in [0.1, 0.15) is 11.1 Å². The van der Waals surface area contributed by atoms with Gasteiger partial charge in [-0.1, -0.05) is 72.8 Å². The zero-order valence-corrected chi connectivity index (χ0v) is 16.9. The van der Waals surface area contributed by atoms with Gasteiger partial charge in [-0.3, -0.25) is 0 Å². The van der Waals surface area contributed by atoms with Crippen LogP contribution < -0.4 is 9.47 Å². The summed E-state index contributed by atoms with van der Waals surface area (Å²) < 4.78 is 11.6. The van der Waals surface area contributed by atoms with E-state index in [1.165, 1.54) is 0 Å². The molecule has 5 nitrogen and oxygen atoms in total. The molecular weight excluding hydrogens is 388 g/mol. The molecule has 0 aliphatic heterocycles. The van der Waals surface area contributed by atoms with Gasteiger partial charge in [0.15, 0.2) is 0 Å². The Bertz CT molecular complexity index is 1150. The summed E-state index contributed by atoms with van der Waals surface area (Å²) in [5.74, 6) is 1.26. The second-order valence-electron chi connectivity index (χ2n) is 6.92. The number of hydrogen-bond acceptors (Lipinski definition) is 4. The van der Waals surface area contributed by atoms with Gasteiger partial charge >= 0.3 is 0 Å². The molecule has 0 radical (unpaired) electrons. The van der Waals surface area contributed by atoms with Crippen molar-refractivity contribution in [1.82, 2.24) is 0 Å². The topological polar surface area (TPSA) is 56.9 Å². The maximum atomic E-state index is 12.6. The first-order valence-electron chi connectivity index (χ1n) is 9.99. The first-order chi connectivity index (χ1) is 15.3. The minimum absolute atomic E-state index is 0.390. The molecule has 0 aromatic heterocycles. The average molecular weight is 410 g/mol. The van der Waals surface area contributed by atoms with Crippen LogP contribution in [-0.4, -0.2) is 4.86 Å². The summed E-state index contributed by atoms with van der Waals surface area (Å²) in [7, 11) is 0. The Balaban J connectivity index is 1.43. The summed E-state index contributed by atoms with van der Waals surface area (Å²) >= 11 is 0. The van der Waals surface area contributed by atoms with Gasteiger partial charge in [0.25, 0.3) is 0 Å². The lowest BCUT2D eigenvalue weighted by Gasteiger charge is -2.08. The smallest absolute Gasteiger partial charge is 0.248 e. The monoisotopic (exact) mass is 410 g/mol. The Morgan fingerprint density at radius 3 is 1.77 bits per heavy atom. The second-order valence-corrected chi connectivity index (χ2v) is 6.92. The molecule has 0 spiro atoms. The van der Waals surface area contributed by atoms with Crippen molar-refractivity contribution in [2.24, 2.45) is 5.11 Å². The van der Waals surface area contributed by atoms with Crippen LogP contribution in [0.4, 0.5) is 11.4 Å². The van der Waals surface area contributed by atoms with Crippen LogP contribution in [0.25, 0.3) is 0 Å². The molecule has 5 heteroatoms. The number of nitrogens with zero attached hydrogens (tertiary/aromatic N) is 2. The molecule has 0 fully saturated rings. The van der Waals surface area contributed by atoms with Gasteiger partial charge in [-0.05, 0) is 34.2 Å². The second kappa shape index (κ2) is 10.1. The molecule has 0 amide bonds. The summed E-state index contributed by atoms with van der Waals surface area (Å²) in [6.07, 6.45) is 0. The van der Waals surface area contributed by atoms with E-state index in [9.17, 15) is 5.21 Å². The van der Waals surface area contributed by atoms with Crippen molar-refractivity contribution in [2.75, 3.05) is 0 Å². The maximum absolute atomic E-state index is 12.6. The molecule has 0 atom stereocenters. The average Bonchev–Trinajstić information content (AvgIpc) is 2.83. The van der Waals surface area contributed by atoms with Crippen molar-refractivity contribution in [3.05, 3.63) is 126 Å². The quantitative estimate of drug-likeness (QED) is 0.183. The lowest BCUT2D eigenvalue weighted by atomic mass is 10.2. The van der Waals surface area contributed by atoms with Crippen molar-refractivity contribution < 1.29 is 14.3 Å². The van der Waals surface area contributed by atoms with Crippen LogP contribution in [0.3, 0.4) is 0 Å². The minimum Gasteiger partial charge on any atom is -0.594 e. The van der Waals surface area contributed by atoms with Crippen LogP contribution in [0.5, 0.6) is 11.5 Å². The summed E-state index contributed by atoms with van der Waals surface area (Å²) in [6.45, 7) is 0.882. The van der Waals surface area contributed by atoms with E-state index in [1.807, 2.05) is 78.9 Å². The van der Waals surface area contributed by atoms with Gasteiger partial charge in [0, 0.05) is 17.2 Å². The number of benzene rings is 4. The van der Waals surface area contributed by atoms with Crippen molar-refractivity contribution >= 4 is 11.4 Å². The molecule has 4 aromatic rings. The molecule has 0 saturated heterocycles. The number of azo groups is 1. The summed E-state index contributed by atoms with van der Waals surface area (Å²) in [5, 5.41) is 16.7. The predicted molar refractivity (Wildman–Crippen MR) is 120 cm³/mol. The number of ether oxygens (including phenoxy) is 2. The highest BCUT2D eigenvalue weighted by Crippen LogP contribution is 2.25. The Labute approximate surface area is 181 Å². The maximum Gasteiger partial charge on any atom is 0.248 e. The van der Waals surface area contributed by atoms with Gasteiger partial charge in [0.2, 0.25) is 5.69 Å². The molecule has 0 bridgehead atoms. The normalized spacial score (nSPS) is 11.2. The van der Waals surface area contributed by atoms with E-state index >= 15 is 0 Å². The fourth-order valence-electron chi connectivity index (χ4n) is 2.97. The SMILES string of the molecule is [O-][N+](=Nc1cccc(OCc2ccccc2)c1)c1cccc(OCc2ccccc2)c1. The van der Waals surface area contributed by atoms with Gasteiger partial charge in [-0.15, -0.1) is 0 Å². The molecule has 0 saturated carbocycles. The first kappa shape index (κ1) is 20.2. The van der Waals surface area contributed by atoms with E-state index in [4.69, 9.17) is 9.47 Å². The Kier molecular flexibility index (Phi) is 6.55. The molecule has 4 aromatic carbocycles. The van der Waals surface area contributed by atoms with Gasteiger partial charge in [0.1, 0.15) is 30.4 Å². The summed E-state index contributed by atoms with van der Waals surface area (Å²) in [6, 6.07) is 33.9. The Hall–Kier alpha value is -4.12. The molecule has 31 heavy (non-hydrogen) atoms. The molecule has 0 N–H and O–H groups in total. The number of hydrogen-bond donors (Lipinski definition) is 0. The lowest BCUT2D eigenvalue weighted by molar-refractivity contribution is -0.435. The third-order valence-electron chi connectivity index (χ3n) is 4.56. The highest BCUT2D eigenvalue weighted by Gasteiger charge is 2.08. The van der Waals surface area contributed by atoms with Crippen molar-refractivity contribution in [3.63, 3.8) is 0 Å². The Morgan fingerprint density at radius 1 is 0.613 bits per heavy atom. The van der Waals surface area contributed by atoms with E-state index in [1.54, 1.807) is 30.3 Å². The van der Waals surface area contributed by atoms with Gasteiger partial charge in [0.05, 0.1) is 6.07 Å². The predicted octanol–water partition coefficient (Wildman–Crippen LogP) is 6.77. The molecule has 0 aliphatic rings. The van der Waals surface area contributed by atoms with E-state index in [-0.39, 0.29) is 0 Å².